The average molecular weight is 393 g/mol. The molecule has 3 saturated heterocycles. The molecular formula is C19H22NO4S2+. The van der Waals surface area contributed by atoms with Crippen LogP contribution in [-0.2, 0) is 19.9 Å². The minimum absolute atomic E-state index is 0.162. The number of rotatable bonds is 4. The number of carbonyl (C=O) groups is 1. The Labute approximate surface area is 160 Å². The molecule has 3 fully saturated rings. The summed E-state index contributed by atoms with van der Waals surface area (Å²) >= 11 is 2.83. The number of hydrogen-bond acceptors (Lipinski definition) is 6. The molecule has 0 radical (unpaired) electrons. The molecule has 0 saturated carbocycles. The van der Waals surface area contributed by atoms with Gasteiger partial charge in [-0.3, -0.25) is 0 Å². The van der Waals surface area contributed by atoms with Crippen LogP contribution in [0.1, 0.15) is 23.3 Å². The lowest BCUT2D eigenvalue weighted by Crippen LogP contribution is -2.60. The highest BCUT2D eigenvalue weighted by Gasteiger charge is 2.71. The van der Waals surface area contributed by atoms with E-state index in [0.717, 1.165) is 17.3 Å². The number of morpholine rings is 1. The molecule has 1 N–H and O–H groups in total. The number of piperidine rings is 1. The maximum atomic E-state index is 13.1. The third-order valence-electron chi connectivity index (χ3n) is 6.42. The standard InChI is InChI=1S/C19H22NO4S2/c1-20(2)13-8-12(9-14(20)17-16(13)24-17)23-18(21)19(22,11-5-7-25-10-11)15-4-3-6-26-15/h3-7,10,12-14,16-17,22H,8-9H2,1-2H3/q+1. The molecule has 0 amide bonds. The topological polar surface area (TPSA) is 59.1 Å². The van der Waals surface area contributed by atoms with Crippen LogP contribution in [0.2, 0.25) is 0 Å². The van der Waals surface area contributed by atoms with Gasteiger partial charge in [-0.2, -0.15) is 11.3 Å². The largest absolute Gasteiger partial charge is 0.459 e. The lowest BCUT2D eigenvalue weighted by molar-refractivity contribution is -0.938. The fourth-order valence-corrected chi connectivity index (χ4v) is 6.39. The van der Waals surface area contributed by atoms with Gasteiger partial charge in [-0.05, 0) is 28.3 Å². The number of ether oxygens (including phenoxy) is 2. The van der Waals surface area contributed by atoms with Crippen molar-refractivity contribution in [2.75, 3.05) is 14.1 Å². The number of nitrogens with zero attached hydrogens (tertiary/aromatic N) is 1. The van der Waals surface area contributed by atoms with Gasteiger partial charge in [-0.1, -0.05) is 6.07 Å². The minimum Gasteiger partial charge on any atom is -0.459 e. The highest BCUT2D eigenvalue weighted by Crippen LogP contribution is 2.52. The predicted molar refractivity (Wildman–Crippen MR) is 99.1 cm³/mol. The Kier molecular flexibility index (Phi) is 3.65. The first kappa shape index (κ1) is 16.9. The third kappa shape index (κ3) is 2.28. The van der Waals surface area contributed by atoms with Gasteiger partial charge in [0.2, 0.25) is 5.60 Å². The predicted octanol–water partition coefficient (Wildman–Crippen LogP) is 2.35. The first-order chi connectivity index (χ1) is 12.4. The lowest BCUT2D eigenvalue weighted by atomic mass is 9.93. The van der Waals surface area contributed by atoms with E-state index in [1.807, 2.05) is 22.2 Å². The summed E-state index contributed by atoms with van der Waals surface area (Å²) < 4.78 is 12.6. The van der Waals surface area contributed by atoms with Crippen LogP contribution in [0.4, 0.5) is 0 Å². The van der Waals surface area contributed by atoms with Crippen LogP contribution in [-0.4, -0.2) is 60.0 Å². The van der Waals surface area contributed by atoms with Gasteiger partial charge >= 0.3 is 5.97 Å². The van der Waals surface area contributed by atoms with Gasteiger partial charge in [-0.25, -0.2) is 4.79 Å². The quantitative estimate of drug-likeness (QED) is 0.493. The zero-order chi connectivity index (χ0) is 18.1. The van der Waals surface area contributed by atoms with Crippen molar-refractivity contribution in [2.24, 2.45) is 0 Å². The highest BCUT2D eigenvalue weighted by molar-refractivity contribution is 7.10. The number of aliphatic hydroxyl groups is 1. The molecule has 2 aromatic heterocycles. The molecule has 3 aliphatic rings. The highest BCUT2D eigenvalue weighted by atomic mass is 32.1. The molecule has 5 unspecified atom stereocenters. The summed E-state index contributed by atoms with van der Waals surface area (Å²) in [7, 11) is 4.49. The third-order valence-corrected chi connectivity index (χ3v) is 8.09. The van der Waals surface area contributed by atoms with Crippen LogP contribution in [0.3, 0.4) is 0 Å². The van der Waals surface area contributed by atoms with Crippen molar-refractivity contribution in [3.05, 3.63) is 44.8 Å². The Morgan fingerprint density at radius 2 is 2.00 bits per heavy atom. The molecule has 0 spiro atoms. The second-order valence-electron chi connectivity index (χ2n) is 8.03. The summed E-state index contributed by atoms with van der Waals surface area (Å²) in [5, 5.41) is 16.9. The number of likely N-dealkylation sites (N-methyl/N-ethyl adjacent to an activating group) is 1. The summed E-state index contributed by atoms with van der Waals surface area (Å²) in [5.74, 6) is -0.565. The van der Waals surface area contributed by atoms with Crippen LogP contribution in [0.5, 0.6) is 0 Å². The van der Waals surface area contributed by atoms with E-state index in [2.05, 4.69) is 14.1 Å². The number of quaternary nitrogens is 1. The Hall–Kier alpha value is -1.25. The molecule has 5 heterocycles. The minimum atomic E-state index is -1.73. The monoisotopic (exact) mass is 392 g/mol. The average Bonchev–Trinajstić information content (AvgIpc) is 2.98. The molecule has 0 aliphatic carbocycles. The summed E-state index contributed by atoms with van der Waals surface area (Å²) in [6.45, 7) is 0. The Morgan fingerprint density at radius 3 is 2.58 bits per heavy atom. The maximum Gasteiger partial charge on any atom is 0.348 e. The fraction of sp³-hybridized carbons (Fsp3) is 0.526. The molecule has 5 rings (SSSR count). The zero-order valence-electron chi connectivity index (χ0n) is 14.7. The van der Waals surface area contributed by atoms with Gasteiger partial charge < -0.3 is 19.1 Å². The lowest BCUT2D eigenvalue weighted by Gasteiger charge is -2.45. The first-order valence-corrected chi connectivity index (χ1v) is 10.7. The molecule has 2 bridgehead atoms. The number of fused-ring (bicyclic) bond motifs is 5. The van der Waals surface area contributed by atoms with Gasteiger partial charge in [0.15, 0.2) is 0 Å². The molecule has 26 heavy (non-hydrogen) atoms. The smallest absolute Gasteiger partial charge is 0.348 e. The van der Waals surface area contributed by atoms with Gasteiger partial charge in [0, 0.05) is 18.4 Å². The van der Waals surface area contributed by atoms with Gasteiger partial charge in [0.05, 0.1) is 19.0 Å². The zero-order valence-corrected chi connectivity index (χ0v) is 16.3. The first-order valence-electron chi connectivity index (χ1n) is 8.91. The maximum absolute atomic E-state index is 13.1. The van der Waals surface area contributed by atoms with E-state index in [1.54, 1.807) is 12.1 Å². The van der Waals surface area contributed by atoms with E-state index in [4.69, 9.17) is 9.47 Å². The number of hydrogen-bond donors (Lipinski definition) is 1. The molecule has 5 nitrogen and oxygen atoms in total. The van der Waals surface area contributed by atoms with E-state index >= 15 is 0 Å². The van der Waals surface area contributed by atoms with Crippen LogP contribution >= 0.6 is 22.7 Å². The van der Waals surface area contributed by atoms with Gasteiger partial charge in [-0.15, -0.1) is 11.3 Å². The molecular weight excluding hydrogens is 370 g/mol. The number of esters is 1. The summed E-state index contributed by atoms with van der Waals surface area (Å²) in [6.07, 6.45) is 2.05. The van der Waals surface area contributed by atoms with E-state index in [9.17, 15) is 9.90 Å². The van der Waals surface area contributed by atoms with Crippen molar-refractivity contribution in [1.82, 2.24) is 0 Å². The van der Waals surface area contributed by atoms with Crippen molar-refractivity contribution in [3.8, 4) is 0 Å². The normalized spacial score (nSPS) is 36.2. The number of carbonyl (C=O) groups excluding carboxylic acids is 1. The van der Waals surface area contributed by atoms with Crippen LogP contribution in [0.25, 0.3) is 0 Å². The van der Waals surface area contributed by atoms with Gasteiger partial charge in [0.1, 0.15) is 30.4 Å². The summed E-state index contributed by atoms with van der Waals surface area (Å²) in [4.78, 5) is 13.7. The Morgan fingerprint density at radius 1 is 1.27 bits per heavy atom. The van der Waals surface area contributed by atoms with Crippen LogP contribution in [0, 0.1) is 0 Å². The van der Waals surface area contributed by atoms with E-state index < -0.39 is 11.6 Å². The van der Waals surface area contributed by atoms with E-state index in [1.165, 1.54) is 22.7 Å². The second kappa shape index (κ2) is 5.62. The summed E-state index contributed by atoms with van der Waals surface area (Å²) in [5.41, 5.74) is -1.15. The molecule has 5 atom stereocenters. The van der Waals surface area contributed by atoms with Crippen molar-refractivity contribution >= 4 is 28.6 Å². The van der Waals surface area contributed by atoms with Crippen LogP contribution in [0.15, 0.2) is 34.3 Å². The van der Waals surface area contributed by atoms with Crippen molar-refractivity contribution in [3.63, 3.8) is 0 Å². The second-order valence-corrected chi connectivity index (χ2v) is 9.76. The molecule has 2 aromatic rings. The Bertz CT molecular complexity index is 762. The SMILES string of the molecule is C[N+]1(C)C2CC(OC(=O)C(O)(c3ccsc3)c3cccs3)CC1C1OC12. The Balaban J connectivity index is 1.40. The summed E-state index contributed by atoms with van der Waals surface area (Å²) in [6, 6.07) is 6.16. The molecule has 138 valence electrons. The van der Waals surface area contributed by atoms with Crippen molar-refractivity contribution in [1.29, 1.82) is 0 Å². The van der Waals surface area contributed by atoms with E-state index in [0.29, 0.717) is 34.7 Å². The number of thiophene rings is 2. The van der Waals surface area contributed by atoms with E-state index in [-0.39, 0.29) is 6.10 Å². The van der Waals surface area contributed by atoms with Crippen molar-refractivity contribution in [2.45, 2.75) is 48.8 Å². The molecule has 7 heteroatoms. The van der Waals surface area contributed by atoms with Crippen molar-refractivity contribution < 1.29 is 23.9 Å². The molecule has 0 aromatic carbocycles. The molecule has 3 aliphatic heterocycles. The van der Waals surface area contributed by atoms with Crippen LogP contribution < -0.4 is 0 Å². The fourth-order valence-electron chi connectivity index (χ4n) is 4.85. The number of epoxide rings is 1. The van der Waals surface area contributed by atoms with Gasteiger partial charge in [0.25, 0.3) is 0 Å².